The topological polar surface area (TPSA) is 94.8 Å². The predicted octanol–water partition coefficient (Wildman–Crippen LogP) is 6.20. The van der Waals surface area contributed by atoms with E-state index in [1.54, 1.807) is 24.3 Å². The number of ether oxygens (including phenoxy) is 2. The van der Waals surface area contributed by atoms with Crippen LogP contribution in [0.2, 0.25) is 5.02 Å². The van der Waals surface area contributed by atoms with E-state index >= 15 is 0 Å². The number of aromatic nitrogens is 2. The molecule has 4 rings (SSSR count). The third-order valence-electron chi connectivity index (χ3n) is 5.68. The Kier molecular flexibility index (Phi) is 9.32. The van der Waals surface area contributed by atoms with E-state index in [1.807, 2.05) is 6.07 Å². The number of aryl methyl sites for hydroxylation is 1. The zero-order chi connectivity index (χ0) is 27.9. The van der Waals surface area contributed by atoms with Crippen LogP contribution in [-0.2, 0) is 11.2 Å². The second-order valence-corrected chi connectivity index (χ2v) is 9.86. The molecule has 0 unspecified atom stereocenters. The Labute approximate surface area is 237 Å². The molecule has 0 aliphatic heterocycles. The number of halogens is 3. The smallest absolute Gasteiger partial charge is 0.282 e. The first kappa shape index (κ1) is 28.3. The minimum absolute atomic E-state index is 0.170. The molecular formula is C28H25BrClFN4O4. The summed E-state index contributed by atoms with van der Waals surface area (Å²) in [6.07, 6.45) is 3.87. The highest BCUT2D eigenvalue weighted by Gasteiger charge is 2.15. The highest BCUT2D eigenvalue weighted by atomic mass is 79.9. The molecule has 0 aliphatic rings. The molecule has 0 atom stereocenters. The Hall–Kier alpha value is -3.76. The van der Waals surface area contributed by atoms with E-state index < -0.39 is 11.7 Å². The van der Waals surface area contributed by atoms with Crippen molar-refractivity contribution < 1.29 is 18.7 Å². The summed E-state index contributed by atoms with van der Waals surface area (Å²) in [4.78, 5) is 30.2. The first-order valence-corrected chi connectivity index (χ1v) is 13.3. The molecule has 0 saturated heterocycles. The molecule has 0 radical (unpaired) electrons. The molecule has 3 aromatic carbocycles. The van der Waals surface area contributed by atoms with Gasteiger partial charge in [0.15, 0.2) is 18.1 Å². The highest BCUT2D eigenvalue weighted by molar-refractivity contribution is 9.10. The highest BCUT2D eigenvalue weighted by Crippen LogP contribution is 2.36. The Morgan fingerprint density at radius 2 is 1.97 bits per heavy atom. The number of fused-ring (bicyclic) bond motifs is 1. The van der Waals surface area contributed by atoms with Gasteiger partial charge in [-0.3, -0.25) is 9.59 Å². The summed E-state index contributed by atoms with van der Waals surface area (Å²) in [5.41, 5.74) is 1.30. The van der Waals surface area contributed by atoms with E-state index in [9.17, 15) is 14.0 Å². The monoisotopic (exact) mass is 614 g/mol. The quantitative estimate of drug-likeness (QED) is 0.214. The van der Waals surface area contributed by atoms with Gasteiger partial charge in [0.05, 0.1) is 29.2 Å². The average molecular weight is 616 g/mol. The fraction of sp³-hybridized carbons (Fsp3) is 0.214. The lowest BCUT2D eigenvalue weighted by Crippen LogP contribution is -2.22. The Morgan fingerprint density at radius 3 is 2.69 bits per heavy atom. The standard InChI is InChI=1S/C28H25BrClFN4O4/c1-3-4-5-25-34-23-11-6-18(29)14-21(23)28(37)35(25)32-15-17-12-22(30)27(24(13-17)38-2)39-16-26(36)33-20-9-7-19(31)8-10-20/h6-15H,3-5,16H2,1-2H3,(H,33,36). The van der Waals surface area contributed by atoms with Gasteiger partial charge in [-0.2, -0.15) is 9.78 Å². The minimum Gasteiger partial charge on any atom is -0.493 e. The zero-order valence-electron chi connectivity index (χ0n) is 21.2. The molecule has 0 saturated carbocycles. The number of carbonyl (C=O) groups excluding carboxylic acids is 1. The summed E-state index contributed by atoms with van der Waals surface area (Å²) in [7, 11) is 1.44. The van der Waals surface area contributed by atoms with E-state index in [4.69, 9.17) is 21.1 Å². The Bertz CT molecular complexity index is 1590. The number of nitrogens with zero attached hydrogens (tertiary/aromatic N) is 3. The van der Waals surface area contributed by atoms with Crippen LogP contribution in [0.25, 0.3) is 10.9 Å². The van der Waals surface area contributed by atoms with Crippen molar-refractivity contribution in [2.24, 2.45) is 5.10 Å². The Morgan fingerprint density at radius 1 is 1.21 bits per heavy atom. The summed E-state index contributed by atoms with van der Waals surface area (Å²) < 4.78 is 26.2. The van der Waals surface area contributed by atoms with E-state index in [1.165, 1.54) is 42.3 Å². The van der Waals surface area contributed by atoms with Crippen molar-refractivity contribution in [3.8, 4) is 11.5 Å². The number of hydrogen-bond donors (Lipinski definition) is 1. The van der Waals surface area contributed by atoms with Crippen LogP contribution >= 0.6 is 27.5 Å². The molecule has 0 spiro atoms. The van der Waals surface area contributed by atoms with Crippen LogP contribution in [0.5, 0.6) is 11.5 Å². The number of carbonyl (C=O) groups is 1. The van der Waals surface area contributed by atoms with E-state index in [0.717, 1.165) is 17.3 Å². The maximum Gasteiger partial charge on any atom is 0.282 e. The number of amides is 1. The molecule has 8 nitrogen and oxygen atoms in total. The maximum atomic E-state index is 13.3. The first-order valence-electron chi connectivity index (χ1n) is 12.1. The molecule has 202 valence electrons. The predicted molar refractivity (Wildman–Crippen MR) is 154 cm³/mol. The molecular weight excluding hydrogens is 591 g/mol. The SMILES string of the molecule is CCCCc1nc2ccc(Br)cc2c(=O)n1N=Cc1cc(Cl)c(OCC(=O)Nc2ccc(F)cc2)c(OC)c1. The summed E-state index contributed by atoms with van der Waals surface area (Å²) in [5, 5.41) is 7.68. The lowest BCUT2D eigenvalue weighted by molar-refractivity contribution is -0.118. The van der Waals surface area contributed by atoms with Gasteiger partial charge in [-0.15, -0.1) is 0 Å². The van der Waals surface area contributed by atoms with Crippen LogP contribution in [0.1, 0.15) is 31.2 Å². The van der Waals surface area contributed by atoms with Gasteiger partial charge in [0.1, 0.15) is 11.6 Å². The number of hydrogen-bond acceptors (Lipinski definition) is 6. The van der Waals surface area contributed by atoms with E-state index in [2.05, 4.69) is 38.3 Å². The van der Waals surface area contributed by atoms with Gasteiger partial charge >= 0.3 is 0 Å². The summed E-state index contributed by atoms with van der Waals surface area (Å²) in [6, 6.07) is 13.9. The van der Waals surface area contributed by atoms with Crippen LogP contribution in [0, 0.1) is 5.82 Å². The number of unbranched alkanes of at least 4 members (excludes halogenated alkanes) is 1. The van der Waals surface area contributed by atoms with Gasteiger partial charge in [0, 0.05) is 16.6 Å². The minimum atomic E-state index is -0.459. The lowest BCUT2D eigenvalue weighted by atomic mass is 10.2. The summed E-state index contributed by atoms with van der Waals surface area (Å²) in [6.45, 7) is 1.71. The van der Waals surface area contributed by atoms with E-state index in [0.29, 0.717) is 34.4 Å². The molecule has 1 N–H and O–H groups in total. The van der Waals surface area contributed by atoms with Gasteiger partial charge in [0.2, 0.25) is 0 Å². The molecule has 1 aromatic heterocycles. The molecule has 39 heavy (non-hydrogen) atoms. The molecule has 0 fully saturated rings. The van der Waals surface area contributed by atoms with Crippen molar-refractivity contribution in [3.05, 3.63) is 91.7 Å². The van der Waals surface area contributed by atoms with Crippen molar-refractivity contribution in [2.45, 2.75) is 26.2 Å². The number of nitrogens with one attached hydrogen (secondary N) is 1. The van der Waals surface area contributed by atoms with Crippen LogP contribution in [-0.4, -0.2) is 35.5 Å². The largest absolute Gasteiger partial charge is 0.493 e. The molecule has 4 aromatic rings. The number of benzene rings is 3. The third kappa shape index (κ3) is 7.01. The van der Waals surface area contributed by atoms with Gasteiger partial charge < -0.3 is 14.8 Å². The normalized spacial score (nSPS) is 11.2. The van der Waals surface area contributed by atoms with Crippen LogP contribution in [0.4, 0.5) is 10.1 Å². The fourth-order valence-electron chi connectivity index (χ4n) is 3.76. The van der Waals surface area contributed by atoms with E-state index in [-0.39, 0.29) is 28.7 Å². The van der Waals surface area contributed by atoms with Crippen molar-refractivity contribution in [1.29, 1.82) is 0 Å². The van der Waals surface area contributed by atoms with Crippen molar-refractivity contribution >= 4 is 56.2 Å². The third-order valence-corrected chi connectivity index (χ3v) is 6.45. The summed E-state index contributed by atoms with van der Waals surface area (Å²) in [5.74, 6) is 0.135. The van der Waals surface area contributed by atoms with Crippen molar-refractivity contribution in [2.75, 3.05) is 19.0 Å². The fourth-order valence-corrected chi connectivity index (χ4v) is 4.39. The average Bonchev–Trinajstić information content (AvgIpc) is 2.92. The zero-order valence-corrected chi connectivity index (χ0v) is 23.6. The van der Waals surface area contributed by atoms with Gasteiger partial charge in [0.25, 0.3) is 11.5 Å². The van der Waals surface area contributed by atoms with Crippen molar-refractivity contribution in [3.63, 3.8) is 0 Å². The van der Waals surface area contributed by atoms with Crippen LogP contribution in [0.15, 0.2) is 69.0 Å². The molecule has 11 heteroatoms. The van der Waals surface area contributed by atoms with Gasteiger partial charge in [-0.05, 0) is 66.6 Å². The lowest BCUT2D eigenvalue weighted by Gasteiger charge is -2.13. The molecule has 0 aliphatic carbocycles. The molecule has 0 bridgehead atoms. The van der Waals surface area contributed by atoms with Gasteiger partial charge in [-0.1, -0.05) is 40.9 Å². The number of anilines is 1. The maximum absolute atomic E-state index is 13.3. The van der Waals surface area contributed by atoms with Crippen LogP contribution in [0.3, 0.4) is 0 Å². The number of methoxy groups -OCH3 is 1. The molecule has 1 heterocycles. The summed E-state index contributed by atoms with van der Waals surface area (Å²) >= 11 is 9.86. The molecule has 1 amide bonds. The first-order chi connectivity index (χ1) is 18.8. The second-order valence-electron chi connectivity index (χ2n) is 8.53. The second kappa shape index (κ2) is 12.9. The Balaban J connectivity index is 1.58. The van der Waals surface area contributed by atoms with Gasteiger partial charge in [-0.25, -0.2) is 9.37 Å². The van der Waals surface area contributed by atoms with Crippen molar-refractivity contribution in [1.82, 2.24) is 9.66 Å². The number of rotatable bonds is 10. The van der Waals surface area contributed by atoms with Crippen LogP contribution < -0.4 is 20.3 Å².